The summed E-state index contributed by atoms with van der Waals surface area (Å²) < 4.78 is 30.0. The molecular formula is C26H26BrF2N. The Hall–Kier alpha value is -2.04. The molecule has 156 valence electrons. The van der Waals surface area contributed by atoms with Crippen molar-refractivity contribution in [3.63, 3.8) is 0 Å². The Bertz CT molecular complexity index is 919. The van der Waals surface area contributed by atoms with E-state index in [4.69, 9.17) is 0 Å². The predicted molar refractivity (Wildman–Crippen MR) is 122 cm³/mol. The van der Waals surface area contributed by atoms with Crippen LogP contribution in [0.3, 0.4) is 0 Å². The van der Waals surface area contributed by atoms with Gasteiger partial charge >= 0.3 is 0 Å². The Morgan fingerprint density at radius 3 is 1.87 bits per heavy atom. The summed E-state index contributed by atoms with van der Waals surface area (Å²) in [6.45, 7) is 4.73. The first kappa shape index (κ1) is 21.2. The van der Waals surface area contributed by atoms with Crippen LogP contribution in [0.4, 0.5) is 8.78 Å². The van der Waals surface area contributed by atoms with Crippen LogP contribution in [0, 0.1) is 11.7 Å². The highest BCUT2D eigenvalue weighted by molar-refractivity contribution is 9.10. The summed E-state index contributed by atoms with van der Waals surface area (Å²) in [5.41, 5.74) is 1.73. The lowest BCUT2D eigenvalue weighted by Gasteiger charge is -2.50. The Morgan fingerprint density at radius 2 is 1.40 bits per heavy atom. The Labute approximate surface area is 185 Å². The van der Waals surface area contributed by atoms with E-state index < -0.39 is 5.67 Å². The molecule has 3 aromatic carbocycles. The van der Waals surface area contributed by atoms with Gasteiger partial charge in [-0.25, -0.2) is 8.78 Å². The van der Waals surface area contributed by atoms with E-state index in [1.165, 1.54) is 23.3 Å². The van der Waals surface area contributed by atoms with Gasteiger partial charge in [0.1, 0.15) is 11.5 Å². The van der Waals surface area contributed by atoms with Gasteiger partial charge in [-0.2, -0.15) is 0 Å². The third-order valence-corrected chi connectivity index (χ3v) is 6.45. The summed E-state index contributed by atoms with van der Waals surface area (Å²) >= 11 is 3.36. The molecule has 1 atom stereocenters. The summed E-state index contributed by atoms with van der Waals surface area (Å²) in [4.78, 5) is 2.39. The average Bonchev–Trinajstić information content (AvgIpc) is 2.66. The molecule has 0 radical (unpaired) electrons. The van der Waals surface area contributed by atoms with E-state index >= 15 is 4.39 Å². The fourth-order valence-electron chi connectivity index (χ4n) is 4.84. The Morgan fingerprint density at radius 1 is 0.867 bits per heavy atom. The highest BCUT2D eigenvalue weighted by Gasteiger charge is 2.45. The molecule has 4 heteroatoms. The van der Waals surface area contributed by atoms with Gasteiger partial charge in [0.15, 0.2) is 0 Å². The fourth-order valence-corrected chi connectivity index (χ4v) is 5.32. The Balaban J connectivity index is 1.61. The lowest BCUT2D eigenvalue weighted by Crippen LogP contribution is -2.53. The van der Waals surface area contributed by atoms with Crippen molar-refractivity contribution in [1.29, 1.82) is 0 Å². The standard InChI is InChI=1S/C26H26BrF2N/c1-26(2,29)24(20-13-22(27)15-23(28)14-20)21-16-30(17-21)25(18-9-5-3-6-10-18)19-11-7-4-8-12-19/h3-15,21,24-25H,16-17H2,1-2H3. The third kappa shape index (κ3) is 4.50. The second-order valence-electron chi connectivity index (χ2n) is 8.68. The van der Waals surface area contributed by atoms with E-state index in [1.54, 1.807) is 13.8 Å². The molecule has 1 unspecified atom stereocenters. The number of hydrogen-bond donors (Lipinski definition) is 0. The first-order valence-electron chi connectivity index (χ1n) is 10.3. The van der Waals surface area contributed by atoms with Gasteiger partial charge in [-0.15, -0.1) is 0 Å². The molecule has 3 aromatic rings. The van der Waals surface area contributed by atoms with Crippen molar-refractivity contribution in [1.82, 2.24) is 4.90 Å². The summed E-state index contributed by atoms with van der Waals surface area (Å²) in [6, 6.07) is 25.7. The van der Waals surface area contributed by atoms with Crippen LogP contribution >= 0.6 is 15.9 Å². The van der Waals surface area contributed by atoms with E-state index in [1.807, 2.05) is 18.2 Å². The van der Waals surface area contributed by atoms with Gasteiger partial charge in [0, 0.05) is 23.5 Å². The normalized spacial score (nSPS) is 16.5. The van der Waals surface area contributed by atoms with Crippen LogP contribution in [0.25, 0.3) is 0 Å². The number of rotatable bonds is 6. The van der Waals surface area contributed by atoms with Gasteiger partial charge in [-0.3, -0.25) is 4.90 Å². The van der Waals surface area contributed by atoms with Crippen LogP contribution in [0.1, 0.15) is 42.5 Å². The number of benzene rings is 3. The minimum Gasteiger partial charge on any atom is -0.292 e. The third-order valence-electron chi connectivity index (χ3n) is 5.99. The molecule has 0 N–H and O–H groups in total. The van der Waals surface area contributed by atoms with Crippen molar-refractivity contribution in [3.8, 4) is 0 Å². The van der Waals surface area contributed by atoms with E-state index in [0.29, 0.717) is 4.47 Å². The van der Waals surface area contributed by atoms with Gasteiger partial charge in [-0.05, 0) is 54.7 Å². The first-order chi connectivity index (χ1) is 14.3. The van der Waals surface area contributed by atoms with Crippen LogP contribution in [0.15, 0.2) is 83.3 Å². The summed E-state index contributed by atoms with van der Waals surface area (Å²) in [7, 11) is 0. The molecule has 0 saturated carbocycles. The van der Waals surface area contributed by atoms with Gasteiger partial charge in [0.25, 0.3) is 0 Å². The van der Waals surface area contributed by atoms with Gasteiger partial charge in [-0.1, -0.05) is 76.6 Å². The van der Waals surface area contributed by atoms with Crippen molar-refractivity contribution in [3.05, 3.63) is 106 Å². The van der Waals surface area contributed by atoms with Gasteiger partial charge < -0.3 is 0 Å². The highest BCUT2D eigenvalue weighted by atomic mass is 79.9. The van der Waals surface area contributed by atoms with Crippen molar-refractivity contribution >= 4 is 15.9 Å². The zero-order valence-electron chi connectivity index (χ0n) is 17.2. The molecule has 0 amide bonds. The van der Waals surface area contributed by atoms with Crippen molar-refractivity contribution in [2.45, 2.75) is 31.5 Å². The fraction of sp³-hybridized carbons (Fsp3) is 0.308. The van der Waals surface area contributed by atoms with Crippen molar-refractivity contribution < 1.29 is 8.78 Å². The zero-order chi connectivity index (χ0) is 21.3. The molecule has 0 spiro atoms. The van der Waals surface area contributed by atoms with Crippen LogP contribution in [-0.2, 0) is 0 Å². The molecular weight excluding hydrogens is 444 g/mol. The molecule has 1 saturated heterocycles. The van der Waals surface area contributed by atoms with Crippen LogP contribution in [-0.4, -0.2) is 23.7 Å². The second kappa shape index (κ2) is 8.60. The summed E-state index contributed by atoms with van der Waals surface area (Å²) in [6.07, 6.45) is 0. The minimum atomic E-state index is -1.45. The highest BCUT2D eigenvalue weighted by Crippen LogP contribution is 2.45. The van der Waals surface area contributed by atoms with E-state index in [-0.39, 0.29) is 23.7 Å². The number of alkyl halides is 1. The first-order valence-corrected chi connectivity index (χ1v) is 11.1. The van der Waals surface area contributed by atoms with Crippen molar-refractivity contribution in [2.24, 2.45) is 5.92 Å². The maximum absolute atomic E-state index is 15.3. The van der Waals surface area contributed by atoms with E-state index in [2.05, 4.69) is 69.4 Å². The molecule has 30 heavy (non-hydrogen) atoms. The predicted octanol–water partition coefficient (Wildman–Crippen LogP) is 7.14. The topological polar surface area (TPSA) is 3.24 Å². The van der Waals surface area contributed by atoms with E-state index in [9.17, 15) is 4.39 Å². The van der Waals surface area contributed by atoms with Gasteiger partial charge in [0.05, 0.1) is 6.04 Å². The molecule has 0 aromatic heterocycles. The number of halogens is 3. The molecule has 1 fully saturated rings. The lowest BCUT2D eigenvalue weighted by molar-refractivity contribution is 0.00811. The minimum absolute atomic E-state index is 0.119. The zero-order valence-corrected chi connectivity index (χ0v) is 18.8. The largest absolute Gasteiger partial charge is 0.292 e. The summed E-state index contributed by atoms with van der Waals surface area (Å²) in [5.74, 6) is -0.585. The molecule has 0 bridgehead atoms. The molecule has 1 nitrogen and oxygen atoms in total. The van der Waals surface area contributed by atoms with E-state index in [0.717, 1.165) is 18.7 Å². The molecule has 4 rings (SSSR count). The van der Waals surface area contributed by atoms with Crippen LogP contribution in [0.5, 0.6) is 0 Å². The monoisotopic (exact) mass is 469 g/mol. The molecule has 0 aliphatic carbocycles. The molecule has 1 heterocycles. The SMILES string of the molecule is CC(C)(F)C(c1cc(F)cc(Br)c1)C1CN(C(c2ccccc2)c2ccccc2)C1. The van der Waals surface area contributed by atoms with Crippen molar-refractivity contribution in [2.75, 3.05) is 13.1 Å². The molecule has 1 aliphatic rings. The maximum Gasteiger partial charge on any atom is 0.124 e. The number of nitrogens with zero attached hydrogens (tertiary/aromatic N) is 1. The average molecular weight is 470 g/mol. The second-order valence-corrected chi connectivity index (χ2v) is 9.60. The quantitative estimate of drug-likeness (QED) is 0.370. The Kier molecular flexibility index (Phi) is 6.08. The summed E-state index contributed by atoms with van der Waals surface area (Å²) in [5, 5.41) is 0. The van der Waals surface area contributed by atoms with Gasteiger partial charge in [0.2, 0.25) is 0 Å². The lowest BCUT2D eigenvalue weighted by atomic mass is 9.72. The number of hydrogen-bond acceptors (Lipinski definition) is 1. The smallest absolute Gasteiger partial charge is 0.124 e. The number of likely N-dealkylation sites (tertiary alicyclic amines) is 1. The van der Waals surface area contributed by atoms with Crippen LogP contribution < -0.4 is 0 Å². The molecule has 1 aliphatic heterocycles. The maximum atomic E-state index is 15.3. The van der Waals surface area contributed by atoms with Crippen LogP contribution in [0.2, 0.25) is 0 Å².